The lowest BCUT2D eigenvalue weighted by atomic mass is 9.84. The highest BCUT2D eigenvalue weighted by molar-refractivity contribution is 6.30. The Morgan fingerprint density at radius 1 is 1.07 bits per heavy atom. The van der Waals surface area contributed by atoms with Gasteiger partial charge in [-0.25, -0.2) is 0 Å². The van der Waals surface area contributed by atoms with Gasteiger partial charge in [0.15, 0.2) is 0 Å². The molecule has 0 amide bonds. The number of aryl methyl sites for hydroxylation is 1. The first-order valence-corrected chi connectivity index (χ1v) is 5.55. The lowest BCUT2D eigenvalue weighted by molar-refractivity contribution is 0.586. The Hall–Kier alpha value is -0.490. The van der Waals surface area contributed by atoms with Crippen molar-refractivity contribution < 1.29 is 0 Å². The summed E-state index contributed by atoms with van der Waals surface area (Å²) < 4.78 is 0. The fourth-order valence-electron chi connectivity index (χ4n) is 1.47. The summed E-state index contributed by atoms with van der Waals surface area (Å²) >= 11 is 5.87. The van der Waals surface area contributed by atoms with Crippen LogP contribution in [0.5, 0.6) is 0 Å². The summed E-state index contributed by atoms with van der Waals surface area (Å²) in [5, 5.41) is 0.820. The normalized spacial score (nSPS) is 10.5. The van der Waals surface area contributed by atoms with Crippen molar-refractivity contribution in [2.75, 3.05) is 0 Å². The molecule has 0 radical (unpaired) electrons. The molecule has 14 heavy (non-hydrogen) atoms. The highest BCUT2D eigenvalue weighted by atomic mass is 35.5. The zero-order valence-corrected chi connectivity index (χ0v) is 10.9. The molecule has 1 aromatic rings. The van der Waals surface area contributed by atoms with Gasteiger partial charge < -0.3 is 0 Å². The van der Waals surface area contributed by atoms with Crippen LogP contribution in [0.4, 0.5) is 0 Å². The van der Waals surface area contributed by atoms with Crippen molar-refractivity contribution in [3.8, 4) is 0 Å². The van der Waals surface area contributed by atoms with E-state index in [1.54, 1.807) is 0 Å². The van der Waals surface area contributed by atoms with Crippen LogP contribution >= 0.6 is 11.6 Å². The second-order valence-electron chi connectivity index (χ2n) is 4.21. The van der Waals surface area contributed by atoms with Crippen LogP contribution in [0.25, 0.3) is 0 Å². The maximum absolute atomic E-state index is 5.87. The van der Waals surface area contributed by atoms with Gasteiger partial charge in [0.05, 0.1) is 0 Å². The van der Waals surface area contributed by atoms with Crippen molar-refractivity contribution in [2.24, 2.45) is 0 Å². The molecule has 1 aromatic carbocycles. The van der Waals surface area contributed by atoms with Gasteiger partial charge >= 0.3 is 0 Å². The van der Waals surface area contributed by atoms with Crippen LogP contribution in [-0.2, 0) is 5.41 Å². The fourth-order valence-corrected chi connectivity index (χ4v) is 1.70. The highest BCUT2D eigenvalue weighted by Gasteiger charge is 2.15. The molecule has 0 aromatic heterocycles. The van der Waals surface area contributed by atoms with Crippen molar-refractivity contribution in [1.29, 1.82) is 0 Å². The van der Waals surface area contributed by atoms with Gasteiger partial charge in [0.1, 0.15) is 0 Å². The molecule has 0 aliphatic heterocycles. The molecule has 0 heterocycles. The number of rotatable bonds is 0. The second-order valence-corrected chi connectivity index (χ2v) is 4.65. The third-order valence-corrected chi connectivity index (χ3v) is 2.23. The first-order valence-electron chi connectivity index (χ1n) is 5.18. The van der Waals surface area contributed by atoms with Crippen molar-refractivity contribution >= 4 is 11.6 Å². The largest absolute Gasteiger partial charge is 0.0843 e. The summed E-state index contributed by atoms with van der Waals surface area (Å²) in [6, 6.07) is 6.08. The summed E-state index contributed by atoms with van der Waals surface area (Å²) in [7, 11) is 0. The molecule has 0 aliphatic carbocycles. The van der Waals surface area contributed by atoms with Crippen LogP contribution in [-0.4, -0.2) is 0 Å². The van der Waals surface area contributed by atoms with Crippen LogP contribution in [0.15, 0.2) is 18.2 Å². The summed E-state index contributed by atoms with van der Waals surface area (Å²) in [6.45, 7) is 12.7. The molecular formula is C13H21Cl. The van der Waals surface area contributed by atoms with Gasteiger partial charge in [-0.2, -0.15) is 0 Å². The third kappa shape index (κ3) is 3.71. The topological polar surface area (TPSA) is 0 Å². The summed E-state index contributed by atoms with van der Waals surface area (Å²) in [6.07, 6.45) is 0. The summed E-state index contributed by atoms with van der Waals surface area (Å²) in [4.78, 5) is 0. The Bertz CT molecular complexity index is 282. The van der Waals surface area contributed by atoms with Crippen LogP contribution in [0.3, 0.4) is 0 Å². The van der Waals surface area contributed by atoms with E-state index in [9.17, 15) is 0 Å². The summed E-state index contributed by atoms with van der Waals surface area (Å²) in [5.41, 5.74) is 2.86. The summed E-state index contributed by atoms with van der Waals surface area (Å²) in [5.74, 6) is 0. The average molecular weight is 213 g/mol. The zero-order chi connectivity index (χ0) is 11.4. The molecule has 1 rings (SSSR count). The second kappa shape index (κ2) is 5.41. The third-order valence-electron chi connectivity index (χ3n) is 2.00. The Morgan fingerprint density at radius 3 is 1.93 bits per heavy atom. The molecule has 0 atom stereocenters. The van der Waals surface area contributed by atoms with Crippen LogP contribution in [0.2, 0.25) is 5.02 Å². The van der Waals surface area contributed by atoms with E-state index in [4.69, 9.17) is 11.6 Å². The maximum atomic E-state index is 5.87. The number of hydrogen-bond donors (Lipinski definition) is 0. The minimum Gasteiger partial charge on any atom is -0.0843 e. The lowest BCUT2D eigenvalue weighted by Crippen LogP contribution is -2.12. The number of halogens is 1. The molecule has 0 bridgehead atoms. The molecular weight excluding hydrogens is 192 g/mol. The lowest BCUT2D eigenvalue weighted by Gasteiger charge is -2.21. The molecule has 0 saturated heterocycles. The fraction of sp³-hybridized carbons (Fsp3) is 0.538. The smallest absolute Gasteiger partial charge is 0.0408 e. The SMILES string of the molecule is CC.Cc1cc(Cl)ccc1C(C)(C)C. The maximum Gasteiger partial charge on any atom is 0.0408 e. The van der Waals surface area contributed by atoms with Crippen molar-refractivity contribution in [3.63, 3.8) is 0 Å². The molecule has 0 nitrogen and oxygen atoms in total. The van der Waals surface area contributed by atoms with E-state index in [0.717, 1.165) is 5.02 Å². The van der Waals surface area contributed by atoms with E-state index in [0.29, 0.717) is 0 Å². The van der Waals surface area contributed by atoms with Crippen LogP contribution < -0.4 is 0 Å². The highest BCUT2D eigenvalue weighted by Crippen LogP contribution is 2.27. The van der Waals surface area contributed by atoms with Gasteiger partial charge in [-0.05, 0) is 35.6 Å². The molecule has 0 saturated carbocycles. The number of benzene rings is 1. The Balaban J connectivity index is 0.000000791. The molecule has 0 fully saturated rings. The molecule has 1 heteroatoms. The van der Waals surface area contributed by atoms with Gasteiger partial charge in [-0.3, -0.25) is 0 Å². The van der Waals surface area contributed by atoms with Gasteiger partial charge in [0.25, 0.3) is 0 Å². The van der Waals surface area contributed by atoms with Crippen molar-refractivity contribution in [2.45, 2.75) is 47.0 Å². The van der Waals surface area contributed by atoms with Gasteiger partial charge in [-0.15, -0.1) is 0 Å². The van der Waals surface area contributed by atoms with Gasteiger partial charge in [0, 0.05) is 5.02 Å². The Kier molecular flexibility index (Phi) is 5.22. The van der Waals surface area contributed by atoms with E-state index < -0.39 is 0 Å². The van der Waals surface area contributed by atoms with Crippen molar-refractivity contribution in [1.82, 2.24) is 0 Å². The zero-order valence-electron chi connectivity index (χ0n) is 10.1. The first kappa shape index (κ1) is 13.5. The van der Waals surface area contributed by atoms with E-state index in [1.165, 1.54) is 11.1 Å². The molecule has 80 valence electrons. The molecule has 0 unspecified atom stereocenters. The standard InChI is InChI=1S/C11H15Cl.C2H6/c1-8-7-9(12)5-6-10(8)11(2,3)4;1-2/h5-7H,1-4H3;1-2H3. The predicted molar refractivity (Wildman–Crippen MR) is 66.2 cm³/mol. The quantitative estimate of drug-likeness (QED) is 0.570. The average Bonchev–Trinajstić information content (AvgIpc) is 2.05. The first-order chi connectivity index (χ1) is 6.41. The van der Waals surface area contributed by atoms with Gasteiger partial charge in [0.2, 0.25) is 0 Å². The van der Waals surface area contributed by atoms with Gasteiger partial charge in [-0.1, -0.05) is 52.3 Å². The molecule has 0 aliphatic rings. The predicted octanol–water partition coefficient (Wildman–Crippen LogP) is 4.97. The monoisotopic (exact) mass is 212 g/mol. The molecule has 0 spiro atoms. The van der Waals surface area contributed by atoms with E-state index in [1.807, 2.05) is 26.0 Å². The number of hydrogen-bond acceptors (Lipinski definition) is 0. The Labute approximate surface area is 93.3 Å². The van der Waals surface area contributed by atoms with Crippen LogP contribution in [0, 0.1) is 6.92 Å². The van der Waals surface area contributed by atoms with E-state index in [-0.39, 0.29) is 5.41 Å². The minimum absolute atomic E-state index is 0.217. The van der Waals surface area contributed by atoms with Crippen molar-refractivity contribution in [3.05, 3.63) is 34.3 Å². The van der Waals surface area contributed by atoms with Crippen LogP contribution in [0.1, 0.15) is 45.7 Å². The molecule has 0 N–H and O–H groups in total. The van der Waals surface area contributed by atoms with E-state index >= 15 is 0 Å². The van der Waals surface area contributed by atoms with E-state index in [2.05, 4.69) is 33.8 Å². The Morgan fingerprint density at radius 2 is 1.57 bits per heavy atom. The minimum atomic E-state index is 0.217.